The van der Waals surface area contributed by atoms with Crippen LogP contribution < -0.4 is 26.6 Å². The number of hydrogen-bond acceptors (Lipinski definition) is 7. The van der Waals surface area contributed by atoms with E-state index in [2.05, 4.69) is 20.8 Å². The molecule has 2 amide bonds. The molecule has 4 rings (SSSR count). The predicted molar refractivity (Wildman–Crippen MR) is 133 cm³/mol. The molecular weight excluding hydrogens is 472 g/mol. The number of aromatic amines is 1. The number of rotatable bonds is 9. The van der Waals surface area contributed by atoms with Crippen molar-refractivity contribution in [3.05, 3.63) is 68.3 Å². The Morgan fingerprint density at radius 2 is 1.86 bits per heavy atom. The molecule has 11 nitrogen and oxygen atoms in total. The molecule has 0 aliphatic heterocycles. The summed E-state index contributed by atoms with van der Waals surface area (Å²) < 4.78 is 7.80. The summed E-state index contributed by atoms with van der Waals surface area (Å²) in [5.41, 5.74) is 0.752. The Hall–Kier alpha value is -4.19. The van der Waals surface area contributed by atoms with Gasteiger partial charge in [-0.1, -0.05) is 0 Å². The molecule has 0 bridgehead atoms. The van der Waals surface area contributed by atoms with Crippen LogP contribution in [0.3, 0.4) is 0 Å². The topological polar surface area (TPSA) is 140 Å². The molecule has 0 fully saturated rings. The molecule has 35 heavy (non-hydrogen) atoms. The van der Waals surface area contributed by atoms with E-state index in [0.717, 1.165) is 10.3 Å². The SMILES string of the molecule is COc1ccc(NC(=O)CCCn2c(=O)c3sccc3n(CC(=O)Nc3cc(C)[nH]n3)c2=O)cc1. The van der Waals surface area contributed by atoms with Gasteiger partial charge in [-0.25, -0.2) is 4.79 Å². The number of aromatic nitrogens is 4. The normalized spacial score (nSPS) is 10.9. The summed E-state index contributed by atoms with van der Waals surface area (Å²) in [6, 6.07) is 10.2. The summed E-state index contributed by atoms with van der Waals surface area (Å²) in [4.78, 5) is 50.9. The monoisotopic (exact) mass is 496 g/mol. The Labute approximate surface area is 203 Å². The van der Waals surface area contributed by atoms with E-state index in [0.29, 0.717) is 27.5 Å². The molecule has 0 spiro atoms. The van der Waals surface area contributed by atoms with Gasteiger partial charge in [-0.2, -0.15) is 5.10 Å². The van der Waals surface area contributed by atoms with Crippen molar-refractivity contribution in [1.29, 1.82) is 0 Å². The van der Waals surface area contributed by atoms with E-state index >= 15 is 0 Å². The van der Waals surface area contributed by atoms with Gasteiger partial charge < -0.3 is 15.4 Å². The van der Waals surface area contributed by atoms with E-state index < -0.39 is 17.2 Å². The zero-order valence-corrected chi connectivity index (χ0v) is 20.0. The number of anilines is 2. The Balaban J connectivity index is 1.46. The molecular formula is C23H24N6O5S. The number of nitrogens with one attached hydrogen (secondary N) is 3. The summed E-state index contributed by atoms with van der Waals surface area (Å²) in [6.07, 6.45) is 0.381. The molecule has 12 heteroatoms. The fourth-order valence-electron chi connectivity index (χ4n) is 3.59. The second-order valence-electron chi connectivity index (χ2n) is 7.83. The maximum atomic E-state index is 13.1. The zero-order valence-electron chi connectivity index (χ0n) is 19.2. The van der Waals surface area contributed by atoms with Gasteiger partial charge in [-0.05, 0) is 49.1 Å². The van der Waals surface area contributed by atoms with Crippen LogP contribution in [0.5, 0.6) is 5.75 Å². The van der Waals surface area contributed by atoms with Crippen molar-refractivity contribution in [3.8, 4) is 5.75 Å². The molecule has 0 atom stereocenters. The second kappa shape index (κ2) is 10.4. The minimum Gasteiger partial charge on any atom is -0.497 e. The highest BCUT2D eigenvalue weighted by molar-refractivity contribution is 7.17. The number of carbonyl (C=O) groups excluding carboxylic acids is 2. The largest absolute Gasteiger partial charge is 0.497 e. The highest BCUT2D eigenvalue weighted by atomic mass is 32.1. The first-order valence-electron chi connectivity index (χ1n) is 10.8. The van der Waals surface area contributed by atoms with Crippen LogP contribution >= 0.6 is 11.3 Å². The van der Waals surface area contributed by atoms with Crippen molar-refractivity contribution < 1.29 is 14.3 Å². The number of methoxy groups -OCH3 is 1. The van der Waals surface area contributed by atoms with Crippen LogP contribution in [0.1, 0.15) is 18.5 Å². The van der Waals surface area contributed by atoms with Crippen molar-refractivity contribution in [3.63, 3.8) is 0 Å². The van der Waals surface area contributed by atoms with Gasteiger partial charge in [0.25, 0.3) is 5.56 Å². The molecule has 0 aliphatic rings. The minimum absolute atomic E-state index is 0.0434. The fraction of sp³-hybridized carbons (Fsp3) is 0.261. The number of thiophene rings is 1. The first-order chi connectivity index (χ1) is 16.9. The lowest BCUT2D eigenvalue weighted by molar-refractivity contribution is -0.117. The Morgan fingerprint density at radius 3 is 2.54 bits per heavy atom. The molecule has 182 valence electrons. The Kier molecular flexibility index (Phi) is 7.11. The van der Waals surface area contributed by atoms with Crippen molar-refractivity contribution in [1.82, 2.24) is 19.3 Å². The van der Waals surface area contributed by atoms with Crippen LogP contribution in [0, 0.1) is 6.92 Å². The Morgan fingerprint density at radius 1 is 1.09 bits per heavy atom. The fourth-order valence-corrected chi connectivity index (χ4v) is 4.43. The van der Waals surface area contributed by atoms with Gasteiger partial charge in [0.15, 0.2) is 5.82 Å². The van der Waals surface area contributed by atoms with E-state index in [9.17, 15) is 19.2 Å². The Bertz CT molecular complexity index is 1480. The average molecular weight is 497 g/mol. The van der Waals surface area contributed by atoms with Crippen LogP contribution in [0.25, 0.3) is 10.2 Å². The van der Waals surface area contributed by atoms with Crippen molar-refractivity contribution >= 4 is 44.9 Å². The van der Waals surface area contributed by atoms with Gasteiger partial charge >= 0.3 is 5.69 Å². The quantitative estimate of drug-likeness (QED) is 0.325. The van der Waals surface area contributed by atoms with Crippen molar-refractivity contribution in [2.75, 3.05) is 17.7 Å². The number of aryl methyl sites for hydroxylation is 1. The van der Waals surface area contributed by atoms with Crippen molar-refractivity contribution in [2.24, 2.45) is 0 Å². The molecule has 0 aliphatic carbocycles. The van der Waals surface area contributed by atoms with Gasteiger partial charge in [-0.3, -0.25) is 28.6 Å². The van der Waals surface area contributed by atoms with Crippen LogP contribution in [0.15, 0.2) is 51.4 Å². The van der Waals surface area contributed by atoms with Gasteiger partial charge in [0.05, 0.1) is 12.6 Å². The third kappa shape index (κ3) is 5.49. The third-order valence-corrected chi connectivity index (χ3v) is 6.16. The van der Waals surface area contributed by atoms with Crippen LogP contribution in [0.4, 0.5) is 11.5 Å². The molecule has 3 N–H and O–H groups in total. The lowest BCUT2D eigenvalue weighted by atomic mass is 10.2. The summed E-state index contributed by atoms with van der Waals surface area (Å²) in [6.45, 7) is 1.56. The van der Waals surface area contributed by atoms with Crippen LogP contribution in [0.2, 0.25) is 0 Å². The summed E-state index contributed by atoms with van der Waals surface area (Å²) in [5, 5.41) is 13.8. The first-order valence-corrected chi connectivity index (χ1v) is 11.7. The van der Waals surface area contributed by atoms with E-state index in [4.69, 9.17) is 4.74 Å². The van der Waals surface area contributed by atoms with Gasteiger partial charge in [0.2, 0.25) is 11.8 Å². The van der Waals surface area contributed by atoms with Crippen LogP contribution in [-0.4, -0.2) is 38.3 Å². The minimum atomic E-state index is -0.607. The highest BCUT2D eigenvalue weighted by Gasteiger charge is 2.17. The van der Waals surface area contributed by atoms with Crippen molar-refractivity contribution in [2.45, 2.75) is 32.9 Å². The molecule has 0 unspecified atom stereocenters. The van der Waals surface area contributed by atoms with Gasteiger partial charge in [0, 0.05) is 30.4 Å². The van der Waals surface area contributed by atoms with E-state index in [1.807, 2.05) is 0 Å². The van der Waals surface area contributed by atoms with Gasteiger partial charge in [-0.15, -0.1) is 11.3 Å². The molecule has 4 aromatic rings. The molecule has 0 radical (unpaired) electrons. The second-order valence-corrected chi connectivity index (χ2v) is 8.74. The molecule has 3 aromatic heterocycles. The number of hydrogen-bond donors (Lipinski definition) is 3. The molecule has 0 saturated carbocycles. The smallest absolute Gasteiger partial charge is 0.332 e. The predicted octanol–water partition coefficient (Wildman–Crippen LogP) is 2.32. The van der Waals surface area contributed by atoms with E-state index in [-0.39, 0.29) is 31.8 Å². The number of H-pyrrole nitrogens is 1. The summed E-state index contributed by atoms with van der Waals surface area (Å²) >= 11 is 1.20. The summed E-state index contributed by atoms with van der Waals surface area (Å²) in [7, 11) is 1.56. The standard InChI is InChI=1S/C23H24N6O5S/c1-14-12-18(27-26-14)25-20(31)13-29-17-9-11-35-21(17)22(32)28(23(29)33)10-3-4-19(30)24-15-5-7-16(34-2)8-6-15/h5-9,11-12H,3-4,10,13H2,1-2H3,(H,24,30)(H2,25,26,27,31). The number of fused-ring (bicyclic) bond motifs is 1. The highest BCUT2D eigenvalue weighted by Crippen LogP contribution is 2.17. The first kappa shape index (κ1) is 24.0. The maximum absolute atomic E-state index is 13.1. The maximum Gasteiger partial charge on any atom is 0.332 e. The number of ether oxygens (including phenoxy) is 1. The van der Waals surface area contributed by atoms with E-state index in [1.165, 1.54) is 15.9 Å². The van der Waals surface area contributed by atoms with E-state index in [1.54, 1.807) is 55.8 Å². The zero-order chi connectivity index (χ0) is 24.9. The number of benzene rings is 1. The lowest BCUT2D eigenvalue weighted by Crippen LogP contribution is -2.41. The molecule has 3 heterocycles. The third-order valence-electron chi connectivity index (χ3n) is 5.27. The molecule has 1 aromatic carbocycles. The summed E-state index contributed by atoms with van der Waals surface area (Å²) in [5.74, 6) is 0.332. The number of carbonyl (C=O) groups is 2. The van der Waals surface area contributed by atoms with Crippen LogP contribution in [-0.2, 0) is 22.7 Å². The van der Waals surface area contributed by atoms with Gasteiger partial charge in [0.1, 0.15) is 17.0 Å². The number of amides is 2. The average Bonchev–Trinajstić information content (AvgIpc) is 3.48. The number of nitrogens with zero attached hydrogens (tertiary/aromatic N) is 3. The molecule has 0 saturated heterocycles. The lowest BCUT2D eigenvalue weighted by Gasteiger charge is -2.12.